The summed E-state index contributed by atoms with van der Waals surface area (Å²) in [4.78, 5) is 41.9. The number of pyridine rings is 1. The Labute approximate surface area is 236 Å². The molecule has 1 amide bonds. The monoisotopic (exact) mass is 552 g/mol. The van der Waals surface area contributed by atoms with E-state index in [4.69, 9.17) is 14.7 Å². The third-order valence-corrected chi connectivity index (χ3v) is 8.08. The molecule has 3 aliphatic rings. The summed E-state index contributed by atoms with van der Waals surface area (Å²) in [6, 6.07) is 10.0. The highest BCUT2D eigenvalue weighted by Crippen LogP contribution is 2.49. The lowest BCUT2D eigenvalue weighted by molar-refractivity contribution is -0.121. The zero-order chi connectivity index (χ0) is 28.1. The zero-order valence-electron chi connectivity index (χ0n) is 23.2. The van der Waals surface area contributed by atoms with Gasteiger partial charge in [0.25, 0.3) is 11.5 Å². The molecule has 7 rings (SSSR count). The molecule has 2 aliphatic heterocycles. The number of benzene rings is 1. The van der Waals surface area contributed by atoms with E-state index >= 15 is 0 Å². The minimum atomic E-state index is -0.225. The van der Waals surface area contributed by atoms with E-state index < -0.39 is 0 Å². The van der Waals surface area contributed by atoms with E-state index in [1.165, 1.54) is 11.1 Å². The van der Waals surface area contributed by atoms with Crippen molar-refractivity contribution in [2.24, 2.45) is 0 Å². The third kappa shape index (κ3) is 4.28. The third-order valence-electron chi connectivity index (χ3n) is 8.08. The normalized spacial score (nSPS) is 17.1. The fourth-order valence-electron chi connectivity index (χ4n) is 5.88. The predicted molar refractivity (Wildman–Crippen MR) is 156 cm³/mol. The molecule has 11 nitrogen and oxygen atoms in total. The molecule has 1 spiro atoms. The molecule has 0 radical (unpaired) electrons. The number of allylic oxidation sites excluding steroid dienone is 2. The summed E-state index contributed by atoms with van der Waals surface area (Å²) in [6.07, 6.45) is 9.44. The van der Waals surface area contributed by atoms with Crippen LogP contribution in [0.5, 0.6) is 5.75 Å². The largest absolute Gasteiger partial charge is 0.480 e. The second-order valence-corrected chi connectivity index (χ2v) is 10.8. The van der Waals surface area contributed by atoms with Crippen molar-refractivity contribution in [3.63, 3.8) is 0 Å². The number of hydrogen-bond donors (Lipinski definition) is 2. The van der Waals surface area contributed by atoms with Crippen LogP contribution in [0, 0.1) is 0 Å². The van der Waals surface area contributed by atoms with Gasteiger partial charge in [-0.25, -0.2) is 19.3 Å². The minimum Gasteiger partial charge on any atom is -0.480 e. The molecule has 0 bridgehead atoms. The van der Waals surface area contributed by atoms with Crippen LogP contribution in [0.15, 0.2) is 53.5 Å². The van der Waals surface area contributed by atoms with Crippen molar-refractivity contribution in [3.05, 3.63) is 70.2 Å². The Bertz CT molecular complexity index is 1770. The summed E-state index contributed by atoms with van der Waals surface area (Å²) in [5.74, 6) is 1.67. The number of nitrogens with zero attached hydrogens (tertiary/aromatic N) is 6. The molecule has 1 saturated carbocycles. The Balaban J connectivity index is 1.33. The first-order chi connectivity index (χ1) is 20.0. The van der Waals surface area contributed by atoms with Gasteiger partial charge in [-0.05, 0) is 68.0 Å². The van der Waals surface area contributed by atoms with Crippen molar-refractivity contribution in [2.45, 2.75) is 51.6 Å². The van der Waals surface area contributed by atoms with Crippen molar-refractivity contribution in [2.75, 3.05) is 29.9 Å². The summed E-state index contributed by atoms with van der Waals surface area (Å²) >= 11 is 0. The van der Waals surface area contributed by atoms with Crippen LogP contribution >= 0.6 is 0 Å². The summed E-state index contributed by atoms with van der Waals surface area (Å²) in [6.45, 7) is 5.75. The SMILES string of the molecule is C/C=C\Cn1c(=O)c2cnc(Nc3ccc4c(c3)C3(CC3)NCC4)nc2n1-c1ccc2c(n1)N(CCC)C(=O)CO2. The van der Waals surface area contributed by atoms with Crippen LogP contribution in [0.25, 0.3) is 16.9 Å². The molecular formula is C30H32N8O3. The molecule has 1 aromatic carbocycles. The average Bonchev–Trinajstić information content (AvgIpc) is 3.70. The standard InChI is InChI=1S/C30H32N8O3/c1-3-5-15-37-28(40)21-17-31-29(33-20-7-6-19-10-13-32-30(11-12-30)22(19)16-20)35-26(21)38(37)24-9-8-23-27(34-24)36(14-4-2)25(39)18-41-23/h3,5-9,16-17,32H,4,10-15,18H2,1-2H3,(H,31,33,35)/b5-3-. The molecular weight excluding hydrogens is 520 g/mol. The summed E-state index contributed by atoms with van der Waals surface area (Å²) in [5, 5.41) is 7.42. The van der Waals surface area contributed by atoms with Gasteiger partial charge in [0, 0.05) is 30.5 Å². The Hall–Kier alpha value is -4.51. The summed E-state index contributed by atoms with van der Waals surface area (Å²) < 4.78 is 8.93. The molecule has 4 aromatic rings. The van der Waals surface area contributed by atoms with Gasteiger partial charge in [-0.1, -0.05) is 25.1 Å². The van der Waals surface area contributed by atoms with Crippen LogP contribution in [0.1, 0.15) is 44.2 Å². The maximum atomic E-state index is 13.5. The fourth-order valence-corrected chi connectivity index (χ4v) is 5.88. The first-order valence-electron chi connectivity index (χ1n) is 14.2. The number of carbonyl (C=O) groups excluding carboxylic acids is 1. The van der Waals surface area contributed by atoms with Gasteiger partial charge < -0.3 is 15.4 Å². The van der Waals surface area contributed by atoms with Crippen molar-refractivity contribution in [3.8, 4) is 11.6 Å². The number of amides is 1. The molecule has 11 heteroatoms. The first-order valence-corrected chi connectivity index (χ1v) is 14.2. The molecule has 3 aromatic heterocycles. The van der Waals surface area contributed by atoms with Crippen LogP contribution in [0.2, 0.25) is 0 Å². The molecule has 0 saturated heterocycles. The van der Waals surface area contributed by atoms with Crippen molar-refractivity contribution >= 4 is 34.4 Å². The lowest BCUT2D eigenvalue weighted by Gasteiger charge is -2.28. The second kappa shape index (κ2) is 9.84. The van der Waals surface area contributed by atoms with E-state index in [0.717, 1.165) is 37.9 Å². The van der Waals surface area contributed by atoms with Gasteiger partial charge in [-0.15, -0.1) is 0 Å². The number of hydrogen-bond acceptors (Lipinski definition) is 8. The Kier molecular flexibility index (Phi) is 6.11. The van der Waals surface area contributed by atoms with Crippen molar-refractivity contribution in [1.82, 2.24) is 29.6 Å². The highest BCUT2D eigenvalue weighted by molar-refractivity contribution is 5.96. The van der Waals surface area contributed by atoms with Crippen LogP contribution in [0.4, 0.5) is 17.5 Å². The predicted octanol–water partition coefficient (Wildman–Crippen LogP) is 3.57. The quantitative estimate of drug-likeness (QED) is 0.334. The Morgan fingerprint density at radius 2 is 2.05 bits per heavy atom. The number of rotatable bonds is 7. The average molecular weight is 553 g/mol. The van der Waals surface area contributed by atoms with Gasteiger partial charge in [-0.3, -0.25) is 14.5 Å². The number of anilines is 3. The second-order valence-electron chi connectivity index (χ2n) is 10.8. The van der Waals surface area contributed by atoms with E-state index in [9.17, 15) is 9.59 Å². The molecule has 41 heavy (non-hydrogen) atoms. The van der Waals surface area contributed by atoms with E-state index in [2.05, 4.69) is 33.8 Å². The lowest BCUT2D eigenvalue weighted by Crippen LogP contribution is -2.40. The summed E-state index contributed by atoms with van der Waals surface area (Å²) in [7, 11) is 0. The van der Waals surface area contributed by atoms with Crippen molar-refractivity contribution in [1.29, 1.82) is 0 Å². The number of ether oxygens (including phenoxy) is 1. The molecule has 210 valence electrons. The number of aromatic nitrogens is 5. The highest BCUT2D eigenvalue weighted by atomic mass is 16.5. The molecule has 1 aliphatic carbocycles. The van der Waals surface area contributed by atoms with E-state index in [-0.39, 0.29) is 23.6 Å². The van der Waals surface area contributed by atoms with Crippen LogP contribution in [-0.2, 0) is 23.3 Å². The van der Waals surface area contributed by atoms with Gasteiger partial charge in [0.15, 0.2) is 29.6 Å². The molecule has 2 N–H and O–H groups in total. The van der Waals surface area contributed by atoms with Crippen LogP contribution < -0.4 is 25.8 Å². The van der Waals surface area contributed by atoms with Crippen molar-refractivity contribution < 1.29 is 9.53 Å². The van der Waals surface area contributed by atoms with Gasteiger partial charge in [-0.2, -0.15) is 4.98 Å². The topological polar surface area (TPSA) is 119 Å². The number of carbonyl (C=O) groups is 1. The van der Waals surface area contributed by atoms with E-state index in [1.807, 2.05) is 26.0 Å². The highest BCUT2D eigenvalue weighted by Gasteiger charge is 2.46. The Morgan fingerprint density at radius 3 is 2.85 bits per heavy atom. The molecule has 5 heterocycles. The van der Waals surface area contributed by atoms with Crippen LogP contribution in [0.3, 0.4) is 0 Å². The molecule has 0 unspecified atom stereocenters. The lowest BCUT2D eigenvalue weighted by atomic mass is 9.92. The maximum absolute atomic E-state index is 13.5. The van der Waals surface area contributed by atoms with Crippen LogP contribution in [-0.4, -0.2) is 49.9 Å². The first kappa shape index (κ1) is 25.5. The molecule has 1 fully saturated rings. The minimum absolute atomic E-state index is 0.0192. The fraction of sp³-hybridized carbons (Fsp3) is 0.367. The van der Waals surface area contributed by atoms with Gasteiger partial charge in [0.2, 0.25) is 5.95 Å². The van der Waals surface area contributed by atoms with E-state index in [1.54, 1.807) is 32.6 Å². The van der Waals surface area contributed by atoms with Gasteiger partial charge in [0.05, 0.1) is 6.54 Å². The smallest absolute Gasteiger partial charge is 0.278 e. The Morgan fingerprint density at radius 1 is 1.17 bits per heavy atom. The van der Waals surface area contributed by atoms with Gasteiger partial charge in [0.1, 0.15) is 5.39 Å². The zero-order valence-corrected chi connectivity index (χ0v) is 23.2. The number of fused-ring (bicyclic) bond motifs is 4. The number of nitrogens with one attached hydrogen (secondary N) is 2. The molecule has 0 atom stereocenters. The maximum Gasteiger partial charge on any atom is 0.278 e. The van der Waals surface area contributed by atoms with Gasteiger partial charge >= 0.3 is 0 Å². The summed E-state index contributed by atoms with van der Waals surface area (Å²) in [5.41, 5.74) is 3.94. The van der Waals surface area contributed by atoms with E-state index in [0.29, 0.717) is 47.5 Å².